The predicted octanol–water partition coefficient (Wildman–Crippen LogP) is 3.33. The lowest BCUT2D eigenvalue weighted by Crippen LogP contribution is -2.39. The Balaban J connectivity index is 0.00000420. The molecule has 0 heterocycles. The highest BCUT2D eigenvalue weighted by Crippen LogP contribution is 2.21. The first-order valence-corrected chi connectivity index (χ1v) is 10.5. The Bertz CT molecular complexity index is 627. The molecule has 1 fully saturated rings. The maximum Gasteiger partial charge on any atom is 0.253 e. The molecule has 1 aromatic rings. The average molecular weight is 515 g/mol. The van der Waals surface area contributed by atoms with Crippen LogP contribution in [0.1, 0.15) is 54.4 Å². The molecule has 2 N–H and O–H groups in total. The van der Waals surface area contributed by atoms with Crippen molar-refractivity contribution in [3.05, 3.63) is 35.4 Å². The monoisotopic (exact) mass is 515 g/mol. The Morgan fingerprint density at radius 1 is 1.07 bits per heavy atom. The van der Waals surface area contributed by atoms with Crippen LogP contribution in [0.25, 0.3) is 0 Å². The van der Waals surface area contributed by atoms with Gasteiger partial charge in [-0.1, -0.05) is 31.4 Å². The molecule has 6 nitrogen and oxygen atoms in total. The van der Waals surface area contributed by atoms with Gasteiger partial charge in [-0.15, -0.1) is 24.0 Å². The fraction of sp³-hybridized carbons (Fsp3) is 0.636. The molecule has 0 bridgehead atoms. The molecule has 2 rings (SSSR count). The topological polar surface area (TPSA) is 60.0 Å². The number of hydrogen-bond donors (Lipinski definition) is 2. The van der Waals surface area contributed by atoms with Gasteiger partial charge in [0.05, 0.1) is 0 Å². The third kappa shape index (κ3) is 8.90. The van der Waals surface area contributed by atoms with E-state index in [1.807, 2.05) is 24.3 Å². The molecule has 29 heavy (non-hydrogen) atoms. The summed E-state index contributed by atoms with van der Waals surface area (Å²) in [6, 6.07) is 8.48. The number of carbonyl (C=O) groups excluding carboxylic acids is 1. The van der Waals surface area contributed by atoms with Gasteiger partial charge >= 0.3 is 0 Å². The average Bonchev–Trinajstić information content (AvgIpc) is 2.73. The summed E-state index contributed by atoms with van der Waals surface area (Å²) in [6.45, 7) is 2.71. The Kier molecular flexibility index (Phi) is 12.2. The van der Waals surface area contributed by atoms with Crippen LogP contribution < -0.4 is 10.6 Å². The summed E-state index contributed by atoms with van der Waals surface area (Å²) < 4.78 is 0. The van der Waals surface area contributed by atoms with Crippen molar-refractivity contribution in [2.45, 2.75) is 51.1 Å². The van der Waals surface area contributed by atoms with Crippen molar-refractivity contribution >= 4 is 35.8 Å². The maximum absolute atomic E-state index is 11.9. The van der Waals surface area contributed by atoms with Crippen LogP contribution in [0.3, 0.4) is 0 Å². The molecule has 0 unspecified atom stereocenters. The minimum atomic E-state index is 0. The van der Waals surface area contributed by atoms with E-state index in [1.165, 1.54) is 32.1 Å². The van der Waals surface area contributed by atoms with E-state index in [4.69, 9.17) is 0 Å². The van der Waals surface area contributed by atoms with E-state index in [2.05, 4.69) is 27.6 Å². The van der Waals surface area contributed by atoms with Gasteiger partial charge in [0.2, 0.25) is 0 Å². The Morgan fingerprint density at radius 3 is 2.31 bits per heavy atom. The van der Waals surface area contributed by atoms with Crippen molar-refractivity contribution in [1.29, 1.82) is 0 Å². The number of rotatable bonds is 8. The third-order valence-corrected chi connectivity index (χ3v) is 5.47. The van der Waals surface area contributed by atoms with E-state index >= 15 is 0 Å². The first-order chi connectivity index (χ1) is 13.5. The maximum atomic E-state index is 11.9. The molecule has 0 aliphatic heterocycles. The molecule has 1 aliphatic rings. The molecule has 0 aromatic heterocycles. The van der Waals surface area contributed by atoms with Crippen molar-refractivity contribution in [2.24, 2.45) is 4.99 Å². The van der Waals surface area contributed by atoms with Crippen LogP contribution in [0, 0.1) is 0 Å². The van der Waals surface area contributed by atoms with E-state index in [-0.39, 0.29) is 29.9 Å². The number of guanidine groups is 1. The van der Waals surface area contributed by atoms with Gasteiger partial charge in [-0.2, -0.15) is 0 Å². The van der Waals surface area contributed by atoms with Gasteiger partial charge in [-0.05, 0) is 50.6 Å². The second kappa shape index (κ2) is 13.8. The van der Waals surface area contributed by atoms with Crippen LogP contribution in [0.4, 0.5) is 0 Å². The zero-order valence-corrected chi connectivity index (χ0v) is 20.7. The van der Waals surface area contributed by atoms with Gasteiger partial charge in [-0.3, -0.25) is 9.79 Å². The van der Waals surface area contributed by atoms with E-state index in [9.17, 15) is 4.79 Å². The van der Waals surface area contributed by atoms with E-state index in [0.717, 1.165) is 37.1 Å². The number of nitrogens with one attached hydrogen (secondary N) is 2. The van der Waals surface area contributed by atoms with E-state index in [0.29, 0.717) is 12.1 Å². The molecule has 1 aliphatic carbocycles. The lowest BCUT2D eigenvalue weighted by molar-refractivity contribution is 0.0827. The summed E-state index contributed by atoms with van der Waals surface area (Å²) in [5.41, 5.74) is 1.83. The number of nitrogens with zero attached hydrogens (tertiary/aromatic N) is 3. The predicted molar refractivity (Wildman–Crippen MR) is 132 cm³/mol. The highest BCUT2D eigenvalue weighted by Gasteiger charge is 2.17. The third-order valence-electron chi connectivity index (χ3n) is 5.47. The number of benzene rings is 1. The van der Waals surface area contributed by atoms with Gasteiger partial charge in [0, 0.05) is 45.8 Å². The largest absolute Gasteiger partial charge is 0.356 e. The van der Waals surface area contributed by atoms with Crippen molar-refractivity contribution in [3.8, 4) is 0 Å². The fourth-order valence-corrected chi connectivity index (χ4v) is 3.67. The second-order valence-electron chi connectivity index (χ2n) is 7.88. The highest BCUT2D eigenvalue weighted by atomic mass is 127. The van der Waals surface area contributed by atoms with Crippen molar-refractivity contribution in [1.82, 2.24) is 20.4 Å². The lowest BCUT2D eigenvalue weighted by Gasteiger charge is -2.31. The van der Waals surface area contributed by atoms with Crippen molar-refractivity contribution < 1.29 is 4.79 Å². The molecule has 7 heteroatoms. The molecule has 0 saturated heterocycles. The number of hydrogen-bond acceptors (Lipinski definition) is 3. The van der Waals surface area contributed by atoms with Gasteiger partial charge in [0.25, 0.3) is 5.91 Å². The molecule has 0 spiro atoms. The van der Waals surface area contributed by atoms with Crippen molar-refractivity contribution in [2.75, 3.05) is 41.3 Å². The number of amides is 1. The van der Waals surface area contributed by atoms with E-state index in [1.54, 1.807) is 26.0 Å². The van der Waals surface area contributed by atoms with Crippen LogP contribution in [-0.4, -0.2) is 69.0 Å². The molecule has 0 radical (unpaired) electrons. The molecule has 1 aromatic carbocycles. The fourth-order valence-electron chi connectivity index (χ4n) is 3.67. The molecular formula is C22H38IN5O. The van der Waals surface area contributed by atoms with Crippen LogP contribution in [0.15, 0.2) is 29.3 Å². The van der Waals surface area contributed by atoms with E-state index < -0.39 is 0 Å². The zero-order chi connectivity index (χ0) is 20.4. The minimum Gasteiger partial charge on any atom is -0.356 e. The smallest absolute Gasteiger partial charge is 0.253 e. The van der Waals surface area contributed by atoms with Gasteiger partial charge < -0.3 is 20.4 Å². The van der Waals surface area contributed by atoms with Crippen molar-refractivity contribution in [3.63, 3.8) is 0 Å². The number of halogens is 1. The summed E-state index contributed by atoms with van der Waals surface area (Å²) in [4.78, 5) is 20.3. The molecule has 164 valence electrons. The minimum absolute atomic E-state index is 0. The SMILES string of the molecule is CN=C(NCCCN(C)C1CCCCC1)NCc1ccc(C(=O)N(C)C)cc1.I. The normalized spacial score (nSPS) is 15.0. The summed E-state index contributed by atoms with van der Waals surface area (Å²) in [5.74, 6) is 0.837. The van der Waals surface area contributed by atoms with Gasteiger partial charge in [-0.25, -0.2) is 0 Å². The second-order valence-corrected chi connectivity index (χ2v) is 7.88. The van der Waals surface area contributed by atoms with Crippen LogP contribution in [0.2, 0.25) is 0 Å². The quantitative estimate of drug-likeness (QED) is 0.242. The first-order valence-electron chi connectivity index (χ1n) is 10.5. The summed E-state index contributed by atoms with van der Waals surface area (Å²) in [5, 5.41) is 6.73. The number of carbonyl (C=O) groups is 1. The molecule has 1 amide bonds. The first kappa shape index (κ1) is 25.7. The molecule has 0 atom stereocenters. The Morgan fingerprint density at radius 2 is 1.72 bits per heavy atom. The number of aliphatic imine (C=N–C) groups is 1. The summed E-state index contributed by atoms with van der Waals surface area (Å²) in [7, 11) is 7.58. The van der Waals surface area contributed by atoms with Crippen LogP contribution in [-0.2, 0) is 6.54 Å². The molecule has 1 saturated carbocycles. The summed E-state index contributed by atoms with van der Waals surface area (Å²) >= 11 is 0. The van der Waals surface area contributed by atoms with Crippen LogP contribution in [0.5, 0.6) is 0 Å². The highest BCUT2D eigenvalue weighted by molar-refractivity contribution is 14.0. The Labute approximate surface area is 193 Å². The molecular weight excluding hydrogens is 477 g/mol. The lowest BCUT2D eigenvalue weighted by atomic mass is 9.94. The van der Waals surface area contributed by atoms with Crippen LogP contribution >= 0.6 is 24.0 Å². The standard InChI is InChI=1S/C22H37N5O.HI/c1-23-22(24-15-8-16-27(4)20-9-6-5-7-10-20)25-17-18-11-13-19(14-12-18)21(28)26(2)3;/h11-14,20H,5-10,15-17H2,1-4H3,(H2,23,24,25);1H. The summed E-state index contributed by atoms with van der Waals surface area (Å²) in [6.07, 6.45) is 7.98. The van der Waals surface area contributed by atoms with Gasteiger partial charge in [0.1, 0.15) is 0 Å². The zero-order valence-electron chi connectivity index (χ0n) is 18.4. The Hall–Kier alpha value is -1.35. The van der Waals surface area contributed by atoms with Gasteiger partial charge in [0.15, 0.2) is 5.96 Å².